The van der Waals surface area contributed by atoms with Gasteiger partial charge in [0.1, 0.15) is 17.8 Å². The van der Waals surface area contributed by atoms with Crippen molar-refractivity contribution in [2.45, 2.75) is 6.54 Å². The molecule has 4 rings (SSSR count). The number of aromatic carboxylic acids is 1. The third kappa shape index (κ3) is 3.98. The summed E-state index contributed by atoms with van der Waals surface area (Å²) in [4.78, 5) is 32.9. The van der Waals surface area contributed by atoms with Crippen LogP contribution < -0.4 is 15.5 Å². The van der Waals surface area contributed by atoms with Gasteiger partial charge < -0.3 is 20.6 Å². The Morgan fingerprint density at radius 1 is 1.20 bits per heavy atom. The largest absolute Gasteiger partial charge is 0.478 e. The number of nitro groups is 1. The van der Waals surface area contributed by atoms with Crippen LogP contribution in [0.25, 0.3) is 10.9 Å². The Labute approximate surface area is 171 Å². The van der Waals surface area contributed by atoms with Gasteiger partial charge in [0.2, 0.25) is 0 Å². The quantitative estimate of drug-likeness (QED) is 0.415. The minimum atomic E-state index is -0.982. The van der Waals surface area contributed by atoms with Gasteiger partial charge in [-0.15, -0.1) is 0 Å². The maximum atomic E-state index is 11.7. The number of fused-ring (bicyclic) bond motifs is 1. The second-order valence-corrected chi connectivity index (χ2v) is 6.93. The molecule has 10 nitrogen and oxygen atoms in total. The average Bonchev–Trinajstić information content (AvgIpc) is 2.77. The number of carbonyl (C=O) groups is 1. The summed E-state index contributed by atoms with van der Waals surface area (Å²) < 4.78 is 0. The van der Waals surface area contributed by atoms with Crippen molar-refractivity contribution < 1.29 is 14.8 Å². The molecule has 2 heterocycles. The number of benzene rings is 2. The van der Waals surface area contributed by atoms with Crippen molar-refractivity contribution in [3.05, 3.63) is 64.0 Å². The summed E-state index contributed by atoms with van der Waals surface area (Å²) in [5.74, 6) is -0.499. The molecule has 1 aliphatic rings. The number of piperazine rings is 1. The summed E-state index contributed by atoms with van der Waals surface area (Å²) in [6.45, 7) is 3.31. The Kier molecular flexibility index (Phi) is 5.40. The Balaban J connectivity index is 1.64. The van der Waals surface area contributed by atoms with Crippen molar-refractivity contribution >= 4 is 34.1 Å². The topological polar surface area (TPSA) is 134 Å². The zero-order valence-electron chi connectivity index (χ0n) is 16.0. The summed E-state index contributed by atoms with van der Waals surface area (Å²) in [5, 5.41) is 27.7. The molecule has 1 saturated heterocycles. The van der Waals surface area contributed by atoms with E-state index in [1.807, 2.05) is 4.90 Å². The molecular weight excluding hydrogens is 388 g/mol. The highest BCUT2D eigenvalue weighted by molar-refractivity contribution is 5.94. The average molecular weight is 408 g/mol. The van der Waals surface area contributed by atoms with Gasteiger partial charge in [0.05, 0.1) is 16.0 Å². The zero-order chi connectivity index (χ0) is 21.1. The highest BCUT2D eigenvalue weighted by atomic mass is 16.6. The van der Waals surface area contributed by atoms with Gasteiger partial charge in [-0.05, 0) is 23.8 Å². The van der Waals surface area contributed by atoms with E-state index in [0.717, 1.165) is 18.7 Å². The molecule has 1 aliphatic heterocycles. The van der Waals surface area contributed by atoms with Crippen LogP contribution in [0.15, 0.2) is 42.7 Å². The molecule has 0 saturated carbocycles. The highest BCUT2D eigenvalue weighted by Gasteiger charge is 2.23. The summed E-state index contributed by atoms with van der Waals surface area (Å²) in [5.41, 5.74) is 2.27. The maximum Gasteiger partial charge on any atom is 0.335 e. The van der Waals surface area contributed by atoms with E-state index in [0.29, 0.717) is 42.0 Å². The maximum absolute atomic E-state index is 11.7. The first-order chi connectivity index (χ1) is 14.5. The minimum absolute atomic E-state index is 0.0214. The van der Waals surface area contributed by atoms with Crippen LogP contribution in [-0.4, -0.2) is 52.1 Å². The molecule has 0 radical (unpaired) electrons. The molecule has 0 unspecified atom stereocenters. The molecule has 1 aromatic heterocycles. The summed E-state index contributed by atoms with van der Waals surface area (Å²) >= 11 is 0. The first-order valence-electron chi connectivity index (χ1n) is 9.48. The van der Waals surface area contributed by atoms with Gasteiger partial charge in [0.15, 0.2) is 0 Å². The van der Waals surface area contributed by atoms with Gasteiger partial charge in [0, 0.05) is 44.2 Å². The summed E-state index contributed by atoms with van der Waals surface area (Å²) in [6.07, 6.45) is 1.42. The van der Waals surface area contributed by atoms with E-state index >= 15 is 0 Å². The molecule has 154 valence electrons. The minimum Gasteiger partial charge on any atom is -0.478 e. The molecule has 10 heteroatoms. The Bertz CT molecular complexity index is 1100. The van der Waals surface area contributed by atoms with E-state index in [2.05, 4.69) is 20.6 Å². The number of carboxylic acid groups (broad SMARTS) is 1. The normalized spacial score (nSPS) is 13.9. The lowest BCUT2D eigenvalue weighted by Crippen LogP contribution is -2.43. The highest BCUT2D eigenvalue weighted by Crippen LogP contribution is 2.34. The van der Waals surface area contributed by atoms with Gasteiger partial charge in [-0.2, -0.15) is 0 Å². The van der Waals surface area contributed by atoms with E-state index in [4.69, 9.17) is 5.11 Å². The lowest BCUT2D eigenvalue weighted by Gasteiger charge is -2.29. The Morgan fingerprint density at radius 3 is 2.60 bits per heavy atom. The predicted octanol–water partition coefficient (Wildman–Crippen LogP) is 2.26. The van der Waals surface area contributed by atoms with Crippen LogP contribution in [0.5, 0.6) is 0 Å². The van der Waals surface area contributed by atoms with Crippen LogP contribution >= 0.6 is 0 Å². The monoisotopic (exact) mass is 408 g/mol. The fourth-order valence-electron chi connectivity index (χ4n) is 3.48. The third-order valence-electron chi connectivity index (χ3n) is 5.05. The van der Waals surface area contributed by atoms with Gasteiger partial charge in [-0.25, -0.2) is 14.8 Å². The number of carboxylic acids is 1. The third-order valence-corrected chi connectivity index (χ3v) is 5.05. The Hall–Kier alpha value is -3.79. The molecule has 3 aromatic rings. The smallest absolute Gasteiger partial charge is 0.335 e. The summed E-state index contributed by atoms with van der Waals surface area (Å²) in [7, 11) is 0. The molecular formula is C20H20N6O4. The van der Waals surface area contributed by atoms with Gasteiger partial charge >= 0.3 is 5.97 Å². The molecule has 1 fully saturated rings. The first-order valence-corrected chi connectivity index (χ1v) is 9.48. The van der Waals surface area contributed by atoms with E-state index in [1.165, 1.54) is 24.5 Å². The van der Waals surface area contributed by atoms with Crippen molar-refractivity contribution in [2.24, 2.45) is 0 Å². The first kappa shape index (κ1) is 19.5. The molecule has 0 bridgehead atoms. The molecule has 0 amide bonds. The standard InChI is InChI=1S/C20H20N6O4/c27-20(28)14-3-1-13(2-4-14)11-22-19-15-9-18(26(29)30)17(10-16(15)23-12-24-19)25-7-5-21-6-8-25/h1-4,9-10,12,21H,5-8,11H2,(H,27,28)(H,22,23,24). The number of rotatable bonds is 6. The number of hydrogen-bond acceptors (Lipinski definition) is 8. The molecule has 0 atom stereocenters. The lowest BCUT2D eigenvalue weighted by atomic mass is 10.1. The van der Waals surface area contributed by atoms with Crippen molar-refractivity contribution in [1.29, 1.82) is 0 Å². The van der Waals surface area contributed by atoms with Crippen LogP contribution in [0.2, 0.25) is 0 Å². The number of hydrogen-bond donors (Lipinski definition) is 3. The lowest BCUT2D eigenvalue weighted by molar-refractivity contribution is -0.384. The second-order valence-electron chi connectivity index (χ2n) is 6.93. The molecule has 3 N–H and O–H groups in total. The van der Waals surface area contributed by atoms with E-state index in [-0.39, 0.29) is 16.2 Å². The van der Waals surface area contributed by atoms with Crippen molar-refractivity contribution in [1.82, 2.24) is 15.3 Å². The van der Waals surface area contributed by atoms with E-state index in [9.17, 15) is 14.9 Å². The molecule has 0 spiro atoms. The molecule has 0 aliphatic carbocycles. The molecule has 2 aromatic carbocycles. The number of nitrogens with one attached hydrogen (secondary N) is 2. The van der Waals surface area contributed by atoms with Gasteiger partial charge in [-0.1, -0.05) is 12.1 Å². The summed E-state index contributed by atoms with van der Waals surface area (Å²) in [6, 6.07) is 9.75. The van der Waals surface area contributed by atoms with Crippen LogP contribution in [0.1, 0.15) is 15.9 Å². The van der Waals surface area contributed by atoms with E-state index < -0.39 is 5.97 Å². The second kappa shape index (κ2) is 8.29. The molecule has 30 heavy (non-hydrogen) atoms. The number of nitro benzene ring substituents is 1. The van der Waals surface area contributed by atoms with Gasteiger partial charge in [-0.3, -0.25) is 10.1 Å². The zero-order valence-corrected chi connectivity index (χ0v) is 16.0. The number of nitrogens with zero attached hydrogens (tertiary/aromatic N) is 4. The van der Waals surface area contributed by atoms with Crippen LogP contribution in [0.4, 0.5) is 17.2 Å². The fraction of sp³-hybridized carbons (Fsp3) is 0.250. The Morgan fingerprint density at radius 2 is 1.93 bits per heavy atom. The van der Waals surface area contributed by atoms with Crippen LogP contribution in [0.3, 0.4) is 0 Å². The van der Waals surface area contributed by atoms with Crippen molar-refractivity contribution in [2.75, 3.05) is 36.4 Å². The van der Waals surface area contributed by atoms with Crippen molar-refractivity contribution in [3.63, 3.8) is 0 Å². The van der Waals surface area contributed by atoms with Crippen LogP contribution in [0, 0.1) is 10.1 Å². The van der Waals surface area contributed by atoms with Crippen LogP contribution in [-0.2, 0) is 6.54 Å². The van der Waals surface area contributed by atoms with Crippen molar-refractivity contribution in [3.8, 4) is 0 Å². The van der Waals surface area contributed by atoms with E-state index in [1.54, 1.807) is 18.2 Å². The number of anilines is 2. The number of aromatic nitrogens is 2. The SMILES string of the molecule is O=C(O)c1ccc(CNc2ncnc3cc(N4CCNCC4)c([N+](=O)[O-])cc23)cc1. The van der Waals surface area contributed by atoms with Gasteiger partial charge in [0.25, 0.3) is 5.69 Å². The predicted molar refractivity (Wildman–Crippen MR) is 112 cm³/mol. The fourth-order valence-corrected chi connectivity index (χ4v) is 3.48.